The van der Waals surface area contributed by atoms with Gasteiger partial charge in [0.25, 0.3) is 5.91 Å². The van der Waals surface area contributed by atoms with Gasteiger partial charge in [-0.3, -0.25) is 4.79 Å². The molecular formula is C15H15ClN2O2. The van der Waals surface area contributed by atoms with Crippen molar-refractivity contribution in [2.45, 2.75) is 13.2 Å². The highest BCUT2D eigenvalue weighted by Crippen LogP contribution is 2.19. The van der Waals surface area contributed by atoms with Crippen molar-refractivity contribution in [2.75, 3.05) is 5.73 Å². The maximum Gasteiger partial charge on any atom is 0.251 e. The minimum atomic E-state index is -0.220. The SMILES string of the molecule is Nc1cc(C(=O)NCc2cccc(CO)c2)ccc1Cl. The summed E-state index contributed by atoms with van der Waals surface area (Å²) in [5.74, 6) is -0.220. The second-order valence-corrected chi connectivity index (χ2v) is 4.80. The van der Waals surface area contributed by atoms with Gasteiger partial charge in [0.1, 0.15) is 0 Å². The fraction of sp³-hybridized carbons (Fsp3) is 0.133. The lowest BCUT2D eigenvalue weighted by Crippen LogP contribution is -2.22. The number of halogens is 1. The zero-order valence-corrected chi connectivity index (χ0v) is 11.5. The van der Waals surface area contributed by atoms with Crippen LogP contribution in [0, 0.1) is 0 Å². The first-order valence-electron chi connectivity index (χ1n) is 6.12. The number of aliphatic hydroxyl groups is 1. The summed E-state index contributed by atoms with van der Waals surface area (Å²) in [7, 11) is 0. The number of carbonyl (C=O) groups excluding carboxylic acids is 1. The smallest absolute Gasteiger partial charge is 0.251 e. The maximum atomic E-state index is 12.0. The molecule has 2 rings (SSSR count). The molecule has 0 aromatic heterocycles. The first-order valence-corrected chi connectivity index (χ1v) is 6.50. The Morgan fingerprint density at radius 1 is 1.20 bits per heavy atom. The van der Waals surface area contributed by atoms with E-state index < -0.39 is 0 Å². The third-order valence-electron chi connectivity index (χ3n) is 2.89. The number of carbonyl (C=O) groups is 1. The normalized spacial score (nSPS) is 10.3. The van der Waals surface area contributed by atoms with E-state index in [1.165, 1.54) is 0 Å². The molecule has 0 fully saturated rings. The van der Waals surface area contributed by atoms with Gasteiger partial charge in [-0.2, -0.15) is 0 Å². The molecule has 1 amide bonds. The Morgan fingerprint density at radius 2 is 1.95 bits per heavy atom. The number of hydrogen-bond acceptors (Lipinski definition) is 3. The first-order chi connectivity index (χ1) is 9.60. The molecule has 0 spiro atoms. The molecule has 0 atom stereocenters. The molecule has 0 aliphatic rings. The van der Waals surface area contributed by atoms with Crippen LogP contribution < -0.4 is 11.1 Å². The van der Waals surface area contributed by atoms with Crippen molar-refractivity contribution < 1.29 is 9.90 Å². The van der Waals surface area contributed by atoms with Crippen LogP contribution in [0.5, 0.6) is 0 Å². The van der Waals surface area contributed by atoms with Gasteiger partial charge in [0.05, 0.1) is 17.3 Å². The van der Waals surface area contributed by atoms with Crippen LogP contribution in [-0.2, 0) is 13.2 Å². The largest absolute Gasteiger partial charge is 0.398 e. The molecule has 0 radical (unpaired) electrons. The fourth-order valence-electron chi connectivity index (χ4n) is 1.81. The number of nitrogens with one attached hydrogen (secondary N) is 1. The summed E-state index contributed by atoms with van der Waals surface area (Å²) in [5, 5.41) is 12.3. The Bertz CT molecular complexity index is 629. The lowest BCUT2D eigenvalue weighted by Gasteiger charge is -2.07. The minimum Gasteiger partial charge on any atom is -0.398 e. The van der Waals surface area contributed by atoms with Crippen molar-refractivity contribution in [3.8, 4) is 0 Å². The summed E-state index contributed by atoms with van der Waals surface area (Å²) in [6, 6.07) is 12.2. The highest BCUT2D eigenvalue weighted by molar-refractivity contribution is 6.33. The molecular weight excluding hydrogens is 276 g/mol. The summed E-state index contributed by atoms with van der Waals surface area (Å²) >= 11 is 5.81. The summed E-state index contributed by atoms with van der Waals surface area (Å²) < 4.78 is 0. The van der Waals surface area contributed by atoms with E-state index in [0.717, 1.165) is 11.1 Å². The van der Waals surface area contributed by atoms with Crippen molar-refractivity contribution in [1.82, 2.24) is 5.32 Å². The number of rotatable bonds is 4. The van der Waals surface area contributed by atoms with Crippen LogP contribution in [0.15, 0.2) is 42.5 Å². The topological polar surface area (TPSA) is 75.4 Å². The van der Waals surface area contributed by atoms with Gasteiger partial charge in [-0.15, -0.1) is 0 Å². The molecule has 2 aromatic carbocycles. The molecule has 2 aromatic rings. The quantitative estimate of drug-likeness (QED) is 0.757. The highest BCUT2D eigenvalue weighted by Gasteiger charge is 2.07. The van der Waals surface area contributed by atoms with Crippen molar-refractivity contribution in [2.24, 2.45) is 0 Å². The number of benzene rings is 2. The molecule has 0 saturated carbocycles. The molecule has 0 aliphatic carbocycles. The summed E-state index contributed by atoms with van der Waals surface area (Å²) in [6.45, 7) is 0.366. The fourth-order valence-corrected chi connectivity index (χ4v) is 1.92. The van der Waals surface area contributed by atoms with Gasteiger partial charge in [-0.25, -0.2) is 0 Å². The van der Waals surface area contributed by atoms with E-state index in [-0.39, 0.29) is 12.5 Å². The monoisotopic (exact) mass is 290 g/mol. The lowest BCUT2D eigenvalue weighted by atomic mass is 10.1. The zero-order chi connectivity index (χ0) is 14.5. The van der Waals surface area contributed by atoms with Crippen molar-refractivity contribution in [3.05, 3.63) is 64.2 Å². The van der Waals surface area contributed by atoms with Crippen LogP contribution in [0.3, 0.4) is 0 Å². The van der Waals surface area contributed by atoms with E-state index in [2.05, 4.69) is 5.32 Å². The minimum absolute atomic E-state index is 0.0183. The number of nitrogen functional groups attached to an aromatic ring is 1. The molecule has 104 valence electrons. The van der Waals surface area contributed by atoms with Gasteiger partial charge < -0.3 is 16.2 Å². The van der Waals surface area contributed by atoms with Gasteiger partial charge in [0, 0.05) is 12.1 Å². The second kappa shape index (κ2) is 6.41. The van der Waals surface area contributed by atoms with E-state index >= 15 is 0 Å². The van der Waals surface area contributed by atoms with Gasteiger partial charge in [0.15, 0.2) is 0 Å². The van der Waals surface area contributed by atoms with Gasteiger partial charge in [-0.05, 0) is 29.3 Å². The number of amides is 1. The van der Waals surface area contributed by atoms with Crippen LogP contribution in [0.1, 0.15) is 21.5 Å². The predicted octanol–water partition coefficient (Wildman–Crippen LogP) is 2.34. The van der Waals surface area contributed by atoms with E-state index in [4.69, 9.17) is 22.4 Å². The number of anilines is 1. The Morgan fingerprint density at radius 3 is 2.65 bits per heavy atom. The molecule has 0 unspecified atom stereocenters. The first kappa shape index (κ1) is 14.4. The Labute approximate surface area is 122 Å². The molecule has 5 heteroatoms. The van der Waals surface area contributed by atoms with Gasteiger partial charge in [0.2, 0.25) is 0 Å². The zero-order valence-electron chi connectivity index (χ0n) is 10.8. The summed E-state index contributed by atoms with van der Waals surface area (Å²) in [6.07, 6.45) is 0. The predicted molar refractivity (Wildman–Crippen MR) is 79.4 cm³/mol. The van der Waals surface area contributed by atoms with Gasteiger partial charge >= 0.3 is 0 Å². The average molecular weight is 291 g/mol. The average Bonchev–Trinajstić information content (AvgIpc) is 2.47. The molecule has 0 bridgehead atoms. The van der Waals surface area contributed by atoms with E-state index in [1.54, 1.807) is 18.2 Å². The van der Waals surface area contributed by atoms with Crippen LogP contribution >= 0.6 is 11.6 Å². The van der Waals surface area contributed by atoms with Crippen molar-refractivity contribution in [3.63, 3.8) is 0 Å². The van der Waals surface area contributed by atoms with Crippen LogP contribution in [-0.4, -0.2) is 11.0 Å². The van der Waals surface area contributed by atoms with E-state index in [9.17, 15) is 4.79 Å². The molecule has 4 nitrogen and oxygen atoms in total. The molecule has 4 N–H and O–H groups in total. The Hall–Kier alpha value is -2.04. The molecule has 0 heterocycles. The highest BCUT2D eigenvalue weighted by atomic mass is 35.5. The van der Waals surface area contributed by atoms with E-state index in [0.29, 0.717) is 22.8 Å². The lowest BCUT2D eigenvalue weighted by molar-refractivity contribution is 0.0951. The van der Waals surface area contributed by atoms with Gasteiger partial charge in [-0.1, -0.05) is 35.9 Å². The summed E-state index contributed by atoms with van der Waals surface area (Å²) in [4.78, 5) is 12.0. The number of hydrogen-bond donors (Lipinski definition) is 3. The third-order valence-corrected chi connectivity index (χ3v) is 3.23. The van der Waals surface area contributed by atoms with Crippen molar-refractivity contribution in [1.29, 1.82) is 0 Å². The van der Waals surface area contributed by atoms with Crippen LogP contribution in [0.25, 0.3) is 0 Å². The number of nitrogens with two attached hydrogens (primary N) is 1. The Balaban J connectivity index is 2.02. The van der Waals surface area contributed by atoms with Crippen molar-refractivity contribution >= 4 is 23.2 Å². The Kier molecular flexibility index (Phi) is 4.61. The van der Waals surface area contributed by atoms with E-state index in [1.807, 2.05) is 24.3 Å². The third kappa shape index (κ3) is 3.50. The second-order valence-electron chi connectivity index (χ2n) is 4.40. The molecule has 0 aliphatic heterocycles. The summed E-state index contributed by atoms with van der Waals surface area (Å²) in [5.41, 5.74) is 8.24. The van der Waals surface area contributed by atoms with Crippen LogP contribution in [0.2, 0.25) is 5.02 Å². The standard InChI is InChI=1S/C15H15ClN2O2/c16-13-5-4-12(7-14(13)17)15(20)18-8-10-2-1-3-11(6-10)9-19/h1-7,19H,8-9,17H2,(H,18,20). The number of aliphatic hydroxyl groups excluding tert-OH is 1. The molecule has 20 heavy (non-hydrogen) atoms. The molecule has 0 saturated heterocycles. The van der Waals surface area contributed by atoms with Crippen LogP contribution in [0.4, 0.5) is 5.69 Å². The maximum absolute atomic E-state index is 12.0.